The summed E-state index contributed by atoms with van der Waals surface area (Å²) in [6.45, 7) is 4.68. The van der Waals surface area contributed by atoms with Gasteiger partial charge in [0.25, 0.3) is 0 Å². The highest BCUT2D eigenvalue weighted by atomic mass is 16.5. The maximum absolute atomic E-state index is 12.8. The average Bonchev–Trinajstić information content (AvgIpc) is 2.66. The van der Waals surface area contributed by atoms with Gasteiger partial charge in [0.1, 0.15) is 28.6 Å². The van der Waals surface area contributed by atoms with Crippen LogP contribution in [0.4, 0.5) is 0 Å². The normalized spacial score (nSPS) is 10.6. The maximum Gasteiger partial charge on any atom is 0.193 e. The van der Waals surface area contributed by atoms with E-state index in [4.69, 9.17) is 18.9 Å². The van der Waals surface area contributed by atoms with Crippen LogP contribution in [0.1, 0.15) is 29.8 Å². The second-order valence-corrected chi connectivity index (χ2v) is 5.30. The Labute approximate surface area is 154 Å². The van der Waals surface area contributed by atoms with Crippen LogP contribution >= 0.6 is 0 Å². The molecule has 2 aromatic carbocycles. The van der Waals surface area contributed by atoms with Crippen LogP contribution in [-0.2, 0) is 0 Å². The van der Waals surface area contributed by atoms with Crippen molar-refractivity contribution < 1.29 is 23.7 Å². The van der Waals surface area contributed by atoms with Crippen LogP contribution in [0.2, 0.25) is 0 Å². The standard InChI is InChI=1S/C21H24O5/c1-5-25-18-8-7-9-19(26-6-2)21(18)17(22)13-11-15-10-12-16(23-3)14-20(15)24-4/h7-14H,5-6H2,1-4H3/b13-11+. The van der Waals surface area contributed by atoms with Crippen molar-refractivity contribution in [2.45, 2.75) is 13.8 Å². The molecule has 0 amide bonds. The molecule has 0 aliphatic heterocycles. The lowest BCUT2D eigenvalue weighted by molar-refractivity contribution is 0.104. The Hall–Kier alpha value is -2.95. The van der Waals surface area contributed by atoms with Gasteiger partial charge in [0.2, 0.25) is 0 Å². The molecule has 0 aliphatic rings. The van der Waals surface area contributed by atoms with E-state index in [0.717, 1.165) is 5.56 Å². The molecule has 0 aliphatic carbocycles. The van der Waals surface area contributed by atoms with Gasteiger partial charge in [-0.25, -0.2) is 0 Å². The molecule has 0 aromatic heterocycles. The molecule has 0 saturated carbocycles. The fourth-order valence-electron chi connectivity index (χ4n) is 2.51. The summed E-state index contributed by atoms with van der Waals surface area (Å²) < 4.78 is 21.7. The first-order valence-corrected chi connectivity index (χ1v) is 8.47. The predicted octanol–water partition coefficient (Wildman–Crippen LogP) is 4.40. The topological polar surface area (TPSA) is 54.0 Å². The van der Waals surface area contributed by atoms with Gasteiger partial charge in [-0.2, -0.15) is 0 Å². The SMILES string of the molecule is CCOc1cccc(OCC)c1C(=O)/C=C/c1ccc(OC)cc1OC. The van der Waals surface area contributed by atoms with Crippen LogP contribution in [0.3, 0.4) is 0 Å². The van der Waals surface area contributed by atoms with Gasteiger partial charge in [-0.15, -0.1) is 0 Å². The molecule has 2 aromatic rings. The summed E-state index contributed by atoms with van der Waals surface area (Å²) in [4.78, 5) is 12.8. The van der Waals surface area contributed by atoms with E-state index in [1.807, 2.05) is 32.0 Å². The smallest absolute Gasteiger partial charge is 0.193 e. The fourth-order valence-corrected chi connectivity index (χ4v) is 2.51. The molecule has 138 valence electrons. The molecular formula is C21H24O5. The number of carbonyl (C=O) groups excluding carboxylic acids is 1. The minimum atomic E-state index is -0.199. The monoisotopic (exact) mass is 356 g/mol. The highest BCUT2D eigenvalue weighted by molar-refractivity contribution is 6.10. The second kappa shape index (κ2) is 9.51. The number of benzene rings is 2. The summed E-state index contributed by atoms with van der Waals surface area (Å²) in [5.74, 6) is 2.13. The van der Waals surface area contributed by atoms with Gasteiger partial charge in [-0.3, -0.25) is 4.79 Å². The van der Waals surface area contributed by atoms with E-state index < -0.39 is 0 Å². The van der Waals surface area contributed by atoms with Crippen LogP contribution < -0.4 is 18.9 Å². The first kappa shape index (κ1) is 19.4. The van der Waals surface area contributed by atoms with Gasteiger partial charge in [0.15, 0.2) is 5.78 Å². The molecule has 0 N–H and O–H groups in total. The molecule has 0 unspecified atom stereocenters. The highest BCUT2D eigenvalue weighted by Gasteiger charge is 2.17. The third-order valence-electron chi connectivity index (χ3n) is 3.69. The van der Waals surface area contributed by atoms with Gasteiger partial charge in [0, 0.05) is 11.6 Å². The third kappa shape index (κ3) is 4.57. The first-order valence-electron chi connectivity index (χ1n) is 8.47. The largest absolute Gasteiger partial charge is 0.497 e. The molecule has 0 bridgehead atoms. The molecule has 0 heterocycles. The number of ketones is 1. The summed E-state index contributed by atoms with van der Waals surface area (Å²) in [6, 6.07) is 10.8. The Bertz CT molecular complexity index is 756. The Balaban J connectivity index is 2.36. The second-order valence-electron chi connectivity index (χ2n) is 5.30. The van der Waals surface area contributed by atoms with Crippen molar-refractivity contribution in [1.29, 1.82) is 0 Å². The van der Waals surface area contributed by atoms with Gasteiger partial charge in [-0.1, -0.05) is 6.07 Å². The number of hydrogen-bond acceptors (Lipinski definition) is 5. The minimum absolute atomic E-state index is 0.199. The zero-order valence-electron chi connectivity index (χ0n) is 15.6. The van der Waals surface area contributed by atoms with E-state index in [1.54, 1.807) is 38.5 Å². The number of allylic oxidation sites excluding steroid dienone is 1. The molecule has 2 rings (SSSR count). The van der Waals surface area contributed by atoms with Crippen molar-refractivity contribution in [2.75, 3.05) is 27.4 Å². The van der Waals surface area contributed by atoms with Gasteiger partial charge < -0.3 is 18.9 Å². The summed E-state index contributed by atoms with van der Waals surface area (Å²) >= 11 is 0. The lowest BCUT2D eigenvalue weighted by Gasteiger charge is -2.13. The van der Waals surface area contributed by atoms with Gasteiger partial charge in [0.05, 0.1) is 27.4 Å². The minimum Gasteiger partial charge on any atom is -0.497 e. The van der Waals surface area contributed by atoms with Crippen LogP contribution in [-0.4, -0.2) is 33.2 Å². The van der Waals surface area contributed by atoms with Crippen LogP contribution in [0.15, 0.2) is 42.5 Å². The van der Waals surface area contributed by atoms with Crippen molar-refractivity contribution in [3.63, 3.8) is 0 Å². The molecule has 5 heteroatoms. The maximum atomic E-state index is 12.8. The fraction of sp³-hybridized carbons (Fsp3) is 0.286. The number of hydrogen-bond donors (Lipinski definition) is 0. The Morgan fingerprint density at radius 3 is 2.12 bits per heavy atom. The van der Waals surface area contributed by atoms with Gasteiger partial charge >= 0.3 is 0 Å². The third-order valence-corrected chi connectivity index (χ3v) is 3.69. The first-order chi connectivity index (χ1) is 12.6. The predicted molar refractivity (Wildman–Crippen MR) is 102 cm³/mol. The summed E-state index contributed by atoms with van der Waals surface area (Å²) in [5, 5.41) is 0. The van der Waals surface area contributed by atoms with E-state index >= 15 is 0 Å². The van der Waals surface area contributed by atoms with E-state index in [-0.39, 0.29) is 5.78 Å². The van der Waals surface area contributed by atoms with E-state index in [0.29, 0.717) is 41.8 Å². The number of ether oxygens (including phenoxy) is 4. The average molecular weight is 356 g/mol. The van der Waals surface area contributed by atoms with Crippen molar-refractivity contribution in [2.24, 2.45) is 0 Å². The lowest BCUT2D eigenvalue weighted by atomic mass is 10.1. The van der Waals surface area contributed by atoms with Crippen LogP contribution in [0.5, 0.6) is 23.0 Å². The molecule has 5 nitrogen and oxygen atoms in total. The highest BCUT2D eigenvalue weighted by Crippen LogP contribution is 2.31. The van der Waals surface area contributed by atoms with Crippen molar-refractivity contribution in [3.05, 3.63) is 53.6 Å². The number of carbonyl (C=O) groups is 1. The van der Waals surface area contributed by atoms with E-state index in [9.17, 15) is 4.79 Å². The zero-order valence-corrected chi connectivity index (χ0v) is 15.6. The summed E-state index contributed by atoms with van der Waals surface area (Å²) in [5.41, 5.74) is 1.19. The summed E-state index contributed by atoms with van der Waals surface area (Å²) in [6.07, 6.45) is 3.20. The Kier molecular flexibility index (Phi) is 7.09. The molecule has 26 heavy (non-hydrogen) atoms. The quantitative estimate of drug-likeness (QED) is 0.492. The molecular weight excluding hydrogens is 332 g/mol. The van der Waals surface area contributed by atoms with E-state index in [2.05, 4.69) is 0 Å². The number of rotatable bonds is 9. The Morgan fingerprint density at radius 1 is 0.923 bits per heavy atom. The molecule has 0 fully saturated rings. The molecule has 0 radical (unpaired) electrons. The Morgan fingerprint density at radius 2 is 1.58 bits per heavy atom. The zero-order chi connectivity index (χ0) is 18.9. The van der Waals surface area contributed by atoms with Crippen molar-refractivity contribution in [3.8, 4) is 23.0 Å². The lowest BCUT2D eigenvalue weighted by Crippen LogP contribution is -2.06. The van der Waals surface area contributed by atoms with Crippen LogP contribution in [0, 0.1) is 0 Å². The van der Waals surface area contributed by atoms with Crippen molar-refractivity contribution >= 4 is 11.9 Å². The molecule has 0 spiro atoms. The summed E-state index contributed by atoms with van der Waals surface area (Å²) in [7, 11) is 3.17. The molecule has 0 saturated heterocycles. The van der Waals surface area contributed by atoms with E-state index in [1.165, 1.54) is 6.08 Å². The van der Waals surface area contributed by atoms with Crippen LogP contribution in [0.25, 0.3) is 6.08 Å². The molecule has 0 atom stereocenters. The van der Waals surface area contributed by atoms with Gasteiger partial charge in [-0.05, 0) is 50.3 Å². The van der Waals surface area contributed by atoms with Crippen molar-refractivity contribution in [1.82, 2.24) is 0 Å². The number of methoxy groups -OCH3 is 2.